The zero-order valence-corrected chi connectivity index (χ0v) is 20.2. The fourth-order valence-corrected chi connectivity index (χ4v) is 5.21. The van der Waals surface area contributed by atoms with Crippen LogP contribution >= 0.6 is 15.9 Å². The predicted octanol–water partition coefficient (Wildman–Crippen LogP) is 5.32. The first-order chi connectivity index (χ1) is 16.0. The fraction of sp³-hybridized carbons (Fsp3) is 0.200. The first-order valence-electron chi connectivity index (χ1n) is 10.4. The van der Waals surface area contributed by atoms with Gasteiger partial charge < -0.3 is 9.47 Å². The summed E-state index contributed by atoms with van der Waals surface area (Å²) < 4.78 is 27.0. The largest absolute Gasteiger partial charge is 0.491 e. The molecule has 0 spiro atoms. The highest BCUT2D eigenvalue weighted by Gasteiger charge is 2.34. The van der Waals surface area contributed by atoms with Gasteiger partial charge in [-0.15, -0.1) is 0 Å². The molecule has 1 saturated heterocycles. The number of hydrogen-bond donors (Lipinski definition) is 0. The van der Waals surface area contributed by atoms with Gasteiger partial charge in [0.1, 0.15) is 11.8 Å². The van der Waals surface area contributed by atoms with Crippen molar-refractivity contribution in [3.05, 3.63) is 77.0 Å². The summed E-state index contributed by atoms with van der Waals surface area (Å²) in [5.41, 5.74) is 2.70. The molecule has 1 unspecified atom stereocenters. The Kier molecular flexibility index (Phi) is 5.79. The summed E-state index contributed by atoms with van der Waals surface area (Å²) in [6.07, 6.45) is 3.52. The van der Waals surface area contributed by atoms with Crippen LogP contribution in [0, 0.1) is 16.7 Å². The Morgan fingerprint density at radius 2 is 2.03 bits per heavy atom. The smallest absolute Gasteiger partial charge is 0.158 e. The van der Waals surface area contributed by atoms with E-state index < -0.39 is 11.0 Å². The molecule has 1 aliphatic rings. The standard InChI is InChI=1S/C25H20BrN3O3S/c1-25(14-31-15-25)16-32-23-8-7-17(9-18(23)11-27)22-13-29(24-21(22)10-19(26)12-28-24)33(30)20-5-3-2-4-6-20/h2-10,12-13H,14-16H2,1H3. The van der Waals surface area contributed by atoms with Crippen molar-refractivity contribution in [2.75, 3.05) is 19.8 Å². The molecule has 3 heterocycles. The van der Waals surface area contributed by atoms with Crippen LogP contribution in [-0.4, -0.2) is 33.0 Å². The van der Waals surface area contributed by atoms with Crippen molar-refractivity contribution >= 4 is 37.9 Å². The van der Waals surface area contributed by atoms with Crippen molar-refractivity contribution in [1.82, 2.24) is 8.96 Å². The predicted molar refractivity (Wildman–Crippen MR) is 130 cm³/mol. The van der Waals surface area contributed by atoms with E-state index in [-0.39, 0.29) is 5.41 Å². The minimum Gasteiger partial charge on any atom is -0.491 e. The summed E-state index contributed by atoms with van der Waals surface area (Å²) in [5, 5.41) is 10.6. The highest BCUT2D eigenvalue weighted by atomic mass is 79.9. The second-order valence-corrected chi connectivity index (χ2v) is 10.6. The molecule has 166 valence electrons. The van der Waals surface area contributed by atoms with Crippen molar-refractivity contribution in [2.45, 2.75) is 11.8 Å². The third-order valence-electron chi connectivity index (χ3n) is 5.59. The number of aromatic nitrogens is 2. The number of halogens is 1. The summed E-state index contributed by atoms with van der Waals surface area (Å²) in [7, 11) is -1.46. The monoisotopic (exact) mass is 521 g/mol. The molecule has 33 heavy (non-hydrogen) atoms. The number of hydrogen-bond acceptors (Lipinski definition) is 5. The average molecular weight is 522 g/mol. The van der Waals surface area contributed by atoms with Gasteiger partial charge in [0.15, 0.2) is 16.6 Å². The topological polar surface area (TPSA) is 77.1 Å². The maximum Gasteiger partial charge on any atom is 0.158 e. The van der Waals surface area contributed by atoms with Gasteiger partial charge in [0, 0.05) is 33.2 Å². The molecular weight excluding hydrogens is 502 g/mol. The van der Waals surface area contributed by atoms with E-state index >= 15 is 0 Å². The summed E-state index contributed by atoms with van der Waals surface area (Å²) in [4.78, 5) is 5.21. The first kappa shape index (κ1) is 21.8. The number of rotatable bonds is 6. The van der Waals surface area contributed by atoms with Crippen LogP contribution in [0.2, 0.25) is 0 Å². The van der Waals surface area contributed by atoms with E-state index in [2.05, 4.69) is 33.9 Å². The normalized spacial score (nSPS) is 15.5. The third kappa shape index (κ3) is 4.20. The number of benzene rings is 2. The molecular formula is C25H20BrN3O3S. The van der Waals surface area contributed by atoms with Crippen LogP contribution in [0.4, 0.5) is 0 Å². The third-order valence-corrected chi connectivity index (χ3v) is 7.34. The molecule has 1 aliphatic heterocycles. The molecule has 0 radical (unpaired) electrons. The Balaban J connectivity index is 1.56. The molecule has 1 fully saturated rings. The zero-order chi connectivity index (χ0) is 23.0. The minimum absolute atomic E-state index is 0.0156. The van der Waals surface area contributed by atoms with Crippen LogP contribution in [0.5, 0.6) is 5.75 Å². The van der Waals surface area contributed by atoms with Crippen molar-refractivity contribution in [3.63, 3.8) is 0 Å². The highest BCUT2D eigenvalue weighted by molar-refractivity contribution is 9.10. The average Bonchev–Trinajstić information content (AvgIpc) is 3.20. The van der Waals surface area contributed by atoms with Crippen LogP contribution in [0.3, 0.4) is 0 Å². The lowest BCUT2D eigenvalue weighted by Gasteiger charge is -2.37. The first-order valence-corrected chi connectivity index (χ1v) is 12.3. The van der Waals surface area contributed by atoms with Crippen molar-refractivity contribution in [1.29, 1.82) is 5.26 Å². The summed E-state index contributed by atoms with van der Waals surface area (Å²) >= 11 is 3.49. The van der Waals surface area contributed by atoms with Gasteiger partial charge in [0.25, 0.3) is 0 Å². The molecule has 2 aromatic heterocycles. The molecule has 0 aliphatic carbocycles. The molecule has 6 nitrogen and oxygen atoms in total. The van der Waals surface area contributed by atoms with E-state index in [9.17, 15) is 9.47 Å². The Labute approximate surface area is 202 Å². The Bertz CT molecular complexity index is 1410. The van der Waals surface area contributed by atoms with Gasteiger partial charge >= 0.3 is 0 Å². The van der Waals surface area contributed by atoms with Crippen LogP contribution in [0.15, 0.2) is 76.4 Å². The fourth-order valence-electron chi connectivity index (χ4n) is 3.76. The second kappa shape index (κ2) is 8.75. The lowest BCUT2D eigenvalue weighted by molar-refractivity contribution is -0.120. The molecule has 8 heteroatoms. The Hall–Kier alpha value is -2.99. The Morgan fingerprint density at radius 3 is 2.73 bits per heavy atom. The molecule has 4 aromatic rings. The quantitative estimate of drug-likeness (QED) is 0.343. The maximum atomic E-state index is 13.3. The SMILES string of the molecule is CC1(COc2ccc(-c3cn(S(=O)c4ccccc4)c4ncc(Br)cc34)cc2C#N)COC1. The van der Waals surface area contributed by atoms with Gasteiger partial charge in [-0.1, -0.05) is 31.2 Å². The van der Waals surface area contributed by atoms with E-state index in [1.54, 1.807) is 16.2 Å². The van der Waals surface area contributed by atoms with Gasteiger partial charge in [0.2, 0.25) is 0 Å². The van der Waals surface area contributed by atoms with Crippen molar-refractivity contribution in [2.24, 2.45) is 5.41 Å². The molecule has 5 rings (SSSR count). The van der Waals surface area contributed by atoms with Crippen molar-refractivity contribution < 1.29 is 13.7 Å². The molecule has 0 saturated carbocycles. The van der Waals surface area contributed by atoms with E-state index in [0.717, 1.165) is 21.0 Å². The summed E-state index contributed by atoms with van der Waals surface area (Å²) in [5.74, 6) is 0.547. The van der Waals surface area contributed by atoms with E-state index in [1.165, 1.54) is 0 Å². The van der Waals surface area contributed by atoms with Gasteiger partial charge in [-0.25, -0.2) is 13.2 Å². The number of nitrogens with zero attached hydrogens (tertiary/aromatic N) is 3. The summed E-state index contributed by atoms with van der Waals surface area (Å²) in [6, 6.07) is 19.0. The lowest BCUT2D eigenvalue weighted by Crippen LogP contribution is -2.44. The number of nitriles is 1. The number of fused-ring (bicyclic) bond motifs is 1. The second-order valence-electron chi connectivity index (χ2n) is 8.37. The van der Waals surface area contributed by atoms with Crippen LogP contribution in [-0.2, 0) is 15.7 Å². The van der Waals surface area contributed by atoms with Gasteiger partial charge in [0.05, 0.1) is 30.3 Å². The van der Waals surface area contributed by atoms with E-state index in [4.69, 9.17) is 9.47 Å². The van der Waals surface area contributed by atoms with E-state index in [0.29, 0.717) is 41.7 Å². The number of pyridine rings is 1. The molecule has 2 aromatic carbocycles. The van der Waals surface area contributed by atoms with Gasteiger partial charge in [-0.2, -0.15) is 5.26 Å². The summed E-state index contributed by atoms with van der Waals surface area (Å²) in [6.45, 7) is 3.91. The highest BCUT2D eigenvalue weighted by Crippen LogP contribution is 2.35. The Morgan fingerprint density at radius 1 is 1.24 bits per heavy atom. The lowest BCUT2D eigenvalue weighted by atomic mass is 9.90. The number of ether oxygens (including phenoxy) is 2. The molecule has 0 amide bonds. The van der Waals surface area contributed by atoms with Crippen molar-refractivity contribution in [3.8, 4) is 22.9 Å². The molecule has 0 bridgehead atoms. The molecule has 1 atom stereocenters. The van der Waals surface area contributed by atoms with Gasteiger partial charge in [-0.05, 0) is 51.8 Å². The zero-order valence-electron chi connectivity index (χ0n) is 17.8. The van der Waals surface area contributed by atoms with Gasteiger partial charge in [-0.3, -0.25) is 0 Å². The van der Waals surface area contributed by atoms with Crippen LogP contribution < -0.4 is 4.74 Å². The van der Waals surface area contributed by atoms with Crippen LogP contribution in [0.25, 0.3) is 22.2 Å². The van der Waals surface area contributed by atoms with Crippen LogP contribution in [0.1, 0.15) is 12.5 Å². The van der Waals surface area contributed by atoms with E-state index in [1.807, 2.05) is 54.7 Å². The maximum absolute atomic E-state index is 13.3. The minimum atomic E-state index is -1.46. The molecule has 0 N–H and O–H groups in total.